The van der Waals surface area contributed by atoms with Crippen LogP contribution in [0.4, 0.5) is 11.4 Å². The lowest BCUT2D eigenvalue weighted by molar-refractivity contribution is 0.0691. The number of carbonyl (C=O) groups is 2. The molecule has 0 unspecified atom stereocenters. The van der Waals surface area contributed by atoms with E-state index in [2.05, 4.69) is 63.4 Å². The molecule has 6 aromatic rings. The van der Waals surface area contributed by atoms with Crippen molar-refractivity contribution in [1.29, 1.82) is 0 Å². The number of halogens is 2. The second-order valence-corrected chi connectivity index (χ2v) is 16.3. The highest BCUT2D eigenvalue weighted by Crippen LogP contribution is 2.26. The number of nitrogen functional groups attached to an aromatic ring is 1. The monoisotopic (exact) mass is 808 g/mol. The van der Waals surface area contributed by atoms with E-state index in [-0.39, 0.29) is 11.6 Å². The summed E-state index contributed by atoms with van der Waals surface area (Å²) in [5, 5.41) is 14.7. The normalized spacial score (nSPS) is 14.9. The maximum atomic E-state index is 12.6. The molecule has 2 heterocycles. The Bertz CT molecular complexity index is 2220. The third-order valence-electron chi connectivity index (χ3n) is 11.1. The first kappa shape index (κ1) is 41.8. The number of rotatable bonds is 9. The van der Waals surface area contributed by atoms with E-state index in [4.69, 9.17) is 34.0 Å². The van der Waals surface area contributed by atoms with Crippen molar-refractivity contribution in [3.63, 3.8) is 0 Å². The van der Waals surface area contributed by atoms with Gasteiger partial charge in [0.05, 0.1) is 0 Å². The Labute approximate surface area is 345 Å². The zero-order valence-electron chi connectivity index (χ0n) is 32.9. The van der Waals surface area contributed by atoms with Crippen LogP contribution in [-0.2, 0) is 13.1 Å². The fourth-order valence-corrected chi connectivity index (χ4v) is 8.20. The molecule has 8 rings (SSSR count). The third kappa shape index (κ3) is 12.1. The number of nitrogens with one attached hydrogen (secondary N) is 3. The number of aromatic nitrogens is 2. The summed E-state index contributed by atoms with van der Waals surface area (Å²) in [7, 11) is 4.46. The maximum Gasteiger partial charge on any atom is 0.352 e. The van der Waals surface area contributed by atoms with Gasteiger partial charge in [0.2, 0.25) is 0 Å². The van der Waals surface area contributed by atoms with Gasteiger partial charge in [-0.2, -0.15) is 0 Å². The quantitative estimate of drug-likeness (QED) is 0.0925. The molecule has 0 bridgehead atoms. The Hall–Kier alpha value is -4.80. The lowest BCUT2D eigenvalue weighted by atomic mass is 9.94. The molecule has 9 nitrogen and oxygen atoms in total. The van der Waals surface area contributed by atoms with Gasteiger partial charge >= 0.3 is 5.97 Å². The van der Waals surface area contributed by atoms with Crippen LogP contribution in [0.2, 0.25) is 10.0 Å². The highest BCUT2D eigenvalue weighted by atomic mass is 35.5. The Morgan fingerprint density at radius 2 is 1.09 bits per heavy atom. The minimum atomic E-state index is -0.965. The van der Waals surface area contributed by atoms with Crippen LogP contribution in [0.15, 0.2) is 97.1 Å². The van der Waals surface area contributed by atoms with Gasteiger partial charge in [0.25, 0.3) is 5.91 Å². The van der Waals surface area contributed by atoms with E-state index in [1.165, 1.54) is 75.3 Å². The van der Waals surface area contributed by atoms with Crippen molar-refractivity contribution in [1.82, 2.24) is 19.8 Å². The van der Waals surface area contributed by atoms with Crippen molar-refractivity contribution in [2.45, 2.75) is 89.4 Å². The van der Waals surface area contributed by atoms with Crippen LogP contribution < -0.4 is 11.1 Å². The van der Waals surface area contributed by atoms with Crippen LogP contribution in [0.5, 0.6) is 0 Å². The number of hydrogen-bond donors (Lipinski definition) is 5. The summed E-state index contributed by atoms with van der Waals surface area (Å²) >= 11 is 11.8. The fraction of sp³-hybridized carbons (Fsp3) is 0.348. The van der Waals surface area contributed by atoms with Gasteiger partial charge in [-0.15, -0.1) is 0 Å². The molecule has 0 atom stereocenters. The van der Waals surface area contributed by atoms with Crippen LogP contribution in [-0.4, -0.2) is 62.9 Å². The van der Waals surface area contributed by atoms with Crippen LogP contribution >= 0.6 is 23.2 Å². The second-order valence-electron chi connectivity index (χ2n) is 15.4. The first-order chi connectivity index (χ1) is 27.5. The van der Waals surface area contributed by atoms with Gasteiger partial charge in [-0.3, -0.25) is 14.6 Å². The molecule has 11 heteroatoms. The molecule has 0 aliphatic heterocycles. The number of carboxylic acid groups (broad SMARTS) is 1. The smallest absolute Gasteiger partial charge is 0.352 e. The number of fused-ring (bicyclic) bond motifs is 2. The van der Waals surface area contributed by atoms with Gasteiger partial charge in [-0.1, -0.05) is 86.0 Å². The summed E-state index contributed by atoms with van der Waals surface area (Å²) in [5.74, 6) is -1.12. The molecular formula is C46H54Cl2N6O3. The molecule has 0 radical (unpaired) electrons. The van der Waals surface area contributed by atoms with Gasteiger partial charge in [0, 0.05) is 68.4 Å². The first-order valence-electron chi connectivity index (χ1n) is 20.0. The van der Waals surface area contributed by atoms with Crippen LogP contribution in [0.1, 0.15) is 96.3 Å². The topological polar surface area (TPSA) is 130 Å². The molecule has 6 N–H and O–H groups in total. The fourth-order valence-electron chi connectivity index (χ4n) is 7.84. The molecule has 2 saturated carbocycles. The average Bonchev–Trinajstić information content (AvgIpc) is 3.85. The maximum absolute atomic E-state index is 12.6. The van der Waals surface area contributed by atoms with Gasteiger partial charge < -0.3 is 26.1 Å². The number of anilines is 2. The highest BCUT2D eigenvalue weighted by molar-refractivity contribution is 6.31. The number of benzene rings is 4. The van der Waals surface area contributed by atoms with E-state index >= 15 is 0 Å². The number of nitrogens with two attached hydrogens (primary N) is 1. The molecule has 4 aromatic carbocycles. The minimum absolute atomic E-state index is 0.153. The van der Waals surface area contributed by atoms with Crippen LogP contribution in [0, 0.1) is 0 Å². The summed E-state index contributed by atoms with van der Waals surface area (Å²) in [6.45, 7) is 1.99. The van der Waals surface area contributed by atoms with Crippen LogP contribution in [0.3, 0.4) is 0 Å². The predicted octanol–water partition coefficient (Wildman–Crippen LogP) is 11.4. The summed E-state index contributed by atoms with van der Waals surface area (Å²) in [5.41, 5.74) is 12.4. The molecule has 2 aliphatic carbocycles. The molecule has 57 heavy (non-hydrogen) atoms. The molecule has 0 spiro atoms. The van der Waals surface area contributed by atoms with E-state index in [0.29, 0.717) is 21.8 Å². The molecule has 1 amide bonds. The average molecular weight is 810 g/mol. The van der Waals surface area contributed by atoms with E-state index in [1.54, 1.807) is 24.3 Å². The minimum Gasteiger partial charge on any atom is -0.477 e. The standard InChI is InChI=1S/C23H26ClN3O.C14H22N2.C9H6ClNO2/c1-27(20-5-3-2-4-6-20)15-16-7-10-19(11-8-16)25-23(28)22-14-17-13-18(24)9-12-21(17)26-22;1-16(14-5-3-2-4-6-14)11-12-7-9-13(15)10-8-12;10-6-1-2-7-5(3-6)4-8(11-7)9(12)13/h7-14,20,26H,2-6,15H2,1H3,(H,25,28);7-10,14H,2-6,11,15H2,1H3;1-4,11H,(H,12,13). The highest BCUT2D eigenvalue weighted by Gasteiger charge is 2.19. The molecular weight excluding hydrogens is 755 g/mol. The lowest BCUT2D eigenvalue weighted by Gasteiger charge is -2.31. The van der Waals surface area contributed by atoms with Gasteiger partial charge in [-0.25, -0.2) is 4.79 Å². The Balaban J connectivity index is 0.000000160. The third-order valence-corrected chi connectivity index (χ3v) is 11.6. The zero-order chi connectivity index (χ0) is 40.3. The largest absolute Gasteiger partial charge is 0.477 e. The summed E-state index contributed by atoms with van der Waals surface area (Å²) in [4.78, 5) is 34.0. The lowest BCUT2D eigenvalue weighted by Crippen LogP contribution is -2.32. The molecule has 2 fully saturated rings. The number of H-pyrrole nitrogens is 2. The summed E-state index contributed by atoms with van der Waals surface area (Å²) in [6.07, 6.45) is 13.6. The van der Waals surface area contributed by atoms with Crippen molar-refractivity contribution in [2.24, 2.45) is 0 Å². The molecule has 2 aromatic heterocycles. The van der Waals surface area contributed by atoms with E-state index < -0.39 is 5.97 Å². The van der Waals surface area contributed by atoms with Gasteiger partial charge in [0.15, 0.2) is 0 Å². The number of hydrogen-bond acceptors (Lipinski definition) is 5. The first-order valence-corrected chi connectivity index (χ1v) is 20.7. The number of aromatic carboxylic acids is 1. The SMILES string of the molecule is CN(Cc1ccc(N)cc1)C1CCCCC1.CN(Cc1ccc(NC(=O)c2cc3cc(Cl)ccc3[nH]2)cc1)C1CCCCC1.O=C(O)c1cc2cc(Cl)ccc2[nH]1. The molecule has 0 saturated heterocycles. The number of amides is 1. The van der Waals surface area contributed by atoms with Gasteiger partial charge in [-0.05, 0) is 124 Å². The predicted molar refractivity (Wildman–Crippen MR) is 236 cm³/mol. The van der Waals surface area contributed by atoms with Crippen molar-refractivity contribution in [3.8, 4) is 0 Å². The molecule has 2 aliphatic rings. The number of aromatic amines is 2. The van der Waals surface area contributed by atoms with Crippen LogP contribution in [0.25, 0.3) is 21.8 Å². The number of carbonyl (C=O) groups excluding carboxylic acids is 1. The van der Waals surface area contributed by atoms with Crippen molar-refractivity contribution in [2.75, 3.05) is 25.1 Å². The number of carboxylic acids is 1. The van der Waals surface area contributed by atoms with Crippen molar-refractivity contribution >= 4 is 68.3 Å². The van der Waals surface area contributed by atoms with Crippen molar-refractivity contribution < 1.29 is 14.7 Å². The number of nitrogens with zero attached hydrogens (tertiary/aromatic N) is 2. The van der Waals surface area contributed by atoms with Crippen molar-refractivity contribution in [3.05, 3.63) is 130 Å². The van der Waals surface area contributed by atoms with E-state index in [9.17, 15) is 9.59 Å². The summed E-state index contributed by atoms with van der Waals surface area (Å²) in [6, 6.07) is 32.0. The van der Waals surface area contributed by atoms with E-state index in [0.717, 1.165) is 52.3 Å². The summed E-state index contributed by atoms with van der Waals surface area (Å²) < 4.78 is 0. The second kappa shape index (κ2) is 20.1. The Kier molecular flexibility index (Phi) is 14.7. The van der Waals surface area contributed by atoms with Gasteiger partial charge in [0.1, 0.15) is 11.4 Å². The Morgan fingerprint density at radius 3 is 1.56 bits per heavy atom. The molecule has 300 valence electrons. The Morgan fingerprint density at radius 1 is 0.649 bits per heavy atom. The zero-order valence-corrected chi connectivity index (χ0v) is 34.4. The van der Waals surface area contributed by atoms with E-state index in [1.807, 2.05) is 48.5 Å².